The largest absolute Gasteiger partial charge is 0.300 e. The zero-order valence-electron chi connectivity index (χ0n) is 12.4. The molecule has 120 valence electrons. The molecule has 2 aromatic rings. The lowest BCUT2D eigenvalue weighted by atomic mass is 10.2. The first-order chi connectivity index (χ1) is 10.9. The smallest absolute Gasteiger partial charge is 0.263 e. The van der Waals surface area contributed by atoms with Crippen LogP contribution in [0.3, 0.4) is 0 Å². The zero-order valence-corrected chi connectivity index (χ0v) is 14.0. The fourth-order valence-corrected chi connectivity index (χ4v) is 4.01. The molecular weight excluding hydrogens is 336 g/mol. The summed E-state index contributed by atoms with van der Waals surface area (Å²) in [5.41, 5.74) is 0.470. The fourth-order valence-electron chi connectivity index (χ4n) is 2.10. The third kappa shape index (κ3) is 3.10. The SMILES string of the molecule is Cc1cnc(NC(=O)C(C)N=C2NS(=O)(=O)c3ccccc32)s1. The van der Waals surface area contributed by atoms with Crippen LogP contribution < -0.4 is 10.0 Å². The highest BCUT2D eigenvalue weighted by molar-refractivity contribution is 7.90. The lowest BCUT2D eigenvalue weighted by Crippen LogP contribution is -2.28. The van der Waals surface area contributed by atoms with E-state index in [4.69, 9.17) is 0 Å². The Bertz CT molecular complexity index is 902. The van der Waals surface area contributed by atoms with Gasteiger partial charge in [-0.15, -0.1) is 11.3 Å². The number of nitrogens with zero attached hydrogens (tertiary/aromatic N) is 2. The molecule has 2 N–H and O–H groups in total. The summed E-state index contributed by atoms with van der Waals surface area (Å²) in [4.78, 5) is 21.6. The molecule has 1 unspecified atom stereocenters. The third-order valence-electron chi connectivity index (χ3n) is 3.22. The van der Waals surface area contributed by atoms with Crippen LogP contribution in [0.4, 0.5) is 5.13 Å². The number of fused-ring (bicyclic) bond motifs is 1. The second-order valence-corrected chi connectivity index (χ2v) is 7.91. The molecule has 0 radical (unpaired) electrons. The molecule has 2 heterocycles. The molecular formula is C14H14N4O3S2. The molecule has 3 rings (SSSR count). The van der Waals surface area contributed by atoms with E-state index in [0.717, 1.165) is 4.88 Å². The Balaban J connectivity index is 1.83. The van der Waals surface area contributed by atoms with Crippen molar-refractivity contribution in [2.45, 2.75) is 24.8 Å². The van der Waals surface area contributed by atoms with Gasteiger partial charge in [0, 0.05) is 16.6 Å². The van der Waals surface area contributed by atoms with Crippen molar-refractivity contribution in [3.8, 4) is 0 Å². The minimum absolute atomic E-state index is 0.168. The molecule has 0 spiro atoms. The first kappa shape index (κ1) is 15.6. The Morgan fingerprint density at radius 1 is 1.39 bits per heavy atom. The van der Waals surface area contributed by atoms with E-state index in [1.165, 1.54) is 17.4 Å². The van der Waals surface area contributed by atoms with Gasteiger partial charge in [0.2, 0.25) is 0 Å². The number of carbonyl (C=O) groups is 1. The Morgan fingerprint density at radius 2 is 2.13 bits per heavy atom. The van der Waals surface area contributed by atoms with Crippen molar-refractivity contribution >= 4 is 38.2 Å². The maximum absolute atomic E-state index is 12.2. The molecule has 1 aliphatic heterocycles. The van der Waals surface area contributed by atoms with Crippen molar-refractivity contribution in [1.29, 1.82) is 0 Å². The number of rotatable bonds is 3. The molecule has 1 aliphatic rings. The van der Waals surface area contributed by atoms with Crippen LogP contribution in [0, 0.1) is 6.92 Å². The Morgan fingerprint density at radius 3 is 2.83 bits per heavy atom. The lowest BCUT2D eigenvalue weighted by molar-refractivity contribution is -0.117. The minimum Gasteiger partial charge on any atom is -0.300 e. The number of hydrogen-bond donors (Lipinski definition) is 2. The number of anilines is 1. The van der Waals surface area contributed by atoms with Gasteiger partial charge in [0.15, 0.2) is 5.13 Å². The monoisotopic (exact) mass is 350 g/mol. The van der Waals surface area contributed by atoms with E-state index in [1.54, 1.807) is 31.3 Å². The molecule has 1 amide bonds. The number of aliphatic imine (C=N–C) groups is 1. The first-order valence-corrected chi connectivity index (χ1v) is 9.10. The van der Waals surface area contributed by atoms with Crippen molar-refractivity contribution in [3.63, 3.8) is 0 Å². The number of sulfonamides is 1. The van der Waals surface area contributed by atoms with Crippen molar-refractivity contribution in [2.24, 2.45) is 4.99 Å². The fraction of sp³-hybridized carbons (Fsp3) is 0.214. The highest BCUT2D eigenvalue weighted by Gasteiger charge is 2.31. The summed E-state index contributed by atoms with van der Waals surface area (Å²) in [6.07, 6.45) is 1.66. The van der Waals surface area contributed by atoms with E-state index in [0.29, 0.717) is 10.7 Å². The summed E-state index contributed by atoms with van der Waals surface area (Å²) < 4.78 is 26.4. The maximum Gasteiger partial charge on any atom is 0.263 e. The van der Waals surface area contributed by atoms with Gasteiger partial charge in [-0.1, -0.05) is 12.1 Å². The zero-order chi connectivity index (χ0) is 16.6. The van der Waals surface area contributed by atoms with E-state index in [9.17, 15) is 13.2 Å². The summed E-state index contributed by atoms with van der Waals surface area (Å²) in [6.45, 7) is 3.49. The minimum atomic E-state index is -3.60. The molecule has 0 aliphatic carbocycles. The van der Waals surface area contributed by atoms with Gasteiger partial charge in [-0.2, -0.15) is 0 Å². The van der Waals surface area contributed by atoms with Crippen LogP contribution in [0.15, 0.2) is 40.4 Å². The van der Waals surface area contributed by atoms with Gasteiger partial charge >= 0.3 is 0 Å². The van der Waals surface area contributed by atoms with Crippen molar-refractivity contribution in [3.05, 3.63) is 40.9 Å². The van der Waals surface area contributed by atoms with Gasteiger partial charge in [0.25, 0.3) is 15.9 Å². The van der Waals surface area contributed by atoms with Gasteiger partial charge in [-0.05, 0) is 26.0 Å². The van der Waals surface area contributed by atoms with Crippen molar-refractivity contribution in [2.75, 3.05) is 5.32 Å². The molecule has 0 fully saturated rings. The molecule has 0 saturated carbocycles. The van der Waals surface area contributed by atoms with E-state index >= 15 is 0 Å². The average Bonchev–Trinajstić information content (AvgIpc) is 3.01. The van der Waals surface area contributed by atoms with Crippen LogP contribution in [-0.2, 0) is 14.8 Å². The van der Waals surface area contributed by atoms with Crippen molar-refractivity contribution < 1.29 is 13.2 Å². The van der Waals surface area contributed by atoms with E-state index < -0.39 is 16.1 Å². The molecule has 0 bridgehead atoms. The highest BCUT2D eigenvalue weighted by Crippen LogP contribution is 2.23. The predicted octanol–water partition coefficient (Wildman–Crippen LogP) is 1.52. The summed E-state index contributed by atoms with van der Waals surface area (Å²) in [5.74, 6) is -0.172. The summed E-state index contributed by atoms with van der Waals surface area (Å²) >= 11 is 1.36. The Labute approximate surface area is 137 Å². The van der Waals surface area contributed by atoms with Gasteiger partial charge in [0.05, 0.1) is 4.90 Å². The third-order valence-corrected chi connectivity index (χ3v) is 5.44. The van der Waals surface area contributed by atoms with Crippen LogP contribution in [0.1, 0.15) is 17.4 Å². The summed E-state index contributed by atoms with van der Waals surface area (Å²) in [6, 6.07) is 5.76. The van der Waals surface area contributed by atoms with Crippen LogP contribution in [0.2, 0.25) is 0 Å². The van der Waals surface area contributed by atoms with E-state index in [1.807, 2.05) is 6.92 Å². The van der Waals surface area contributed by atoms with Crippen LogP contribution in [0.5, 0.6) is 0 Å². The topological polar surface area (TPSA) is 101 Å². The molecule has 1 aromatic carbocycles. The molecule has 7 nitrogen and oxygen atoms in total. The lowest BCUT2D eigenvalue weighted by Gasteiger charge is -2.07. The average molecular weight is 350 g/mol. The van der Waals surface area contributed by atoms with Gasteiger partial charge in [-0.3, -0.25) is 14.5 Å². The molecule has 23 heavy (non-hydrogen) atoms. The highest BCUT2D eigenvalue weighted by atomic mass is 32.2. The molecule has 9 heteroatoms. The molecule has 1 aromatic heterocycles. The molecule has 0 saturated heterocycles. The number of hydrogen-bond acceptors (Lipinski definition) is 6. The van der Waals surface area contributed by atoms with Crippen LogP contribution >= 0.6 is 11.3 Å². The number of aromatic nitrogens is 1. The van der Waals surface area contributed by atoms with Crippen LogP contribution in [0.25, 0.3) is 0 Å². The Kier molecular flexibility index (Phi) is 3.90. The summed E-state index contributed by atoms with van der Waals surface area (Å²) in [5, 5.41) is 3.16. The number of thiazole rings is 1. The van der Waals surface area contributed by atoms with Gasteiger partial charge in [-0.25, -0.2) is 13.4 Å². The Hall–Kier alpha value is -2.26. The summed E-state index contributed by atoms with van der Waals surface area (Å²) in [7, 11) is -3.60. The number of amidine groups is 1. The van der Waals surface area contributed by atoms with Crippen molar-refractivity contribution in [1.82, 2.24) is 9.71 Å². The predicted molar refractivity (Wildman–Crippen MR) is 88.2 cm³/mol. The van der Waals surface area contributed by atoms with E-state index in [2.05, 4.69) is 20.0 Å². The van der Waals surface area contributed by atoms with Gasteiger partial charge < -0.3 is 5.32 Å². The molecule has 1 atom stereocenters. The quantitative estimate of drug-likeness (QED) is 0.876. The normalized spacial score (nSPS) is 18.3. The van der Waals surface area contributed by atoms with E-state index in [-0.39, 0.29) is 16.6 Å². The van der Waals surface area contributed by atoms with Crippen LogP contribution in [-0.4, -0.2) is 31.2 Å². The number of amides is 1. The number of nitrogens with one attached hydrogen (secondary N) is 2. The second-order valence-electron chi connectivity index (χ2n) is 5.02. The number of aryl methyl sites for hydroxylation is 1. The van der Waals surface area contributed by atoms with Gasteiger partial charge in [0.1, 0.15) is 11.9 Å². The first-order valence-electron chi connectivity index (χ1n) is 6.80. The second kappa shape index (κ2) is 5.74. The maximum atomic E-state index is 12.2. The standard InChI is InChI=1S/C14H14N4O3S2/c1-8-7-15-14(22-8)17-13(19)9(2)16-12-10-5-3-4-6-11(10)23(20,21)18-12/h3-7,9H,1-2H3,(H,16,18)(H,15,17,19). The number of benzene rings is 1. The number of carbonyl (C=O) groups excluding carboxylic acids is 1.